The number of hydrogen-bond donors (Lipinski definition) is 0. The Morgan fingerprint density at radius 3 is 2.82 bits per heavy atom. The molecule has 0 aliphatic rings. The number of nitro benzene ring substituents is 1. The van der Waals surface area contributed by atoms with Crippen molar-refractivity contribution in [2.24, 2.45) is 0 Å². The summed E-state index contributed by atoms with van der Waals surface area (Å²) in [5.74, 6) is -0.920. The predicted octanol–water partition coefficient (Wildman–Crippen LogP) is 2.44. The summed E-state index contributed by atoms with van der Waals surface area (Å²) in [7, 11) is 1.22. The number of rotatable bonds is 10. The molecule has 1 aromatic heterocycles. The van der Waals surface area contributed by atoms with Gasteiger partial charge in [-0.15, -0.1) is 0 Å². The van der Waals surface area contributed by atoms with Gasteiger partial charge in [0.2, 0.25) is 5.89 Å². The maximum absolute atomic E-state index is 12.9. The van der Waals surface area contributed by atoms with Crippen LogP contribution < -0.4 is 0 Å². The topological polar surface area (TPSA) is 125 Å². The molecule has 0 bridgehead atoms. The molecule has 2 aromatic rings. The second-order valence-electron chi connectivity index (χ2n) is 5.70. The molecule has 0 atom stereocenters. The van der Waals surface area contributed by atoms with Gasteiger partial charge in [-0.1, -0.05) is 6.07 Å². The van der Waals surface area contributed by atoms with Gasteiger partial charge in [-0.3, -0.25) is 14.9 Å². The van der Waals surface area contributed by atoms with E-state index in [0.29, 0.717) is 26.2 Å². The summed E-state index contributed by atoms with van der Waals surface area (Å²) in [5.41, 5.74) is -0.0101. The molecule has 0 saturated heterocycles. The van der Waals surface area contributed by atoms with Gasteiger partial charge in [-0.2, -0.15) is 0 Å². The monoisotopic (exact) mass is 391 g/mol. The number of aromatic nitrogens is 1. The van der Waals surface area contributed by atoms with Crippen LogP contribution in [0.5, 0.6) is 0 Å². The average molecular weight is 391 g/mol. The van der Waals surface area contributed by atoms with Crippen molar-refractivity contribution in [1.82, 2.24) is 9.88 Å². The van der Waals surface area contributed by atoms with Crippen molar-refractivity contribution >= 4 is 17.6 Å². The minimum Gasteiger partial charge on any atom is -0.464 e. The van der Waals surface area contributed by atoms with Crippen molar-refractivity contribution < 1.29 is 28.4 Å². The lowest BCUT2D eigenvalue weighted by Crippen LogP contribution is -2.32. The molecule has 10 nitrogen and oxygen atoms in total. The van der Waals surface area contributed by atoms with E-state index in [9.17, 15) is 19.7 Å². The fourth-order valence-corrected chi connectivity index (χ4v) is 2.43. The van der Waals surface area contributed by atoms with Gasteiger partial charge in [-0.25, -0.2) is 9.78 Å². The van der Waals surface area contributed by atoms with Crippen molar-refractivity contribution in [3.8, 4) is 0 Å². The lowest BCUT2D eigenvalue weighted by Gasteiger charge is -2.21. The van der Waals surface area contributed by atoms with E-state index in [2.05, 4.69) is 9.72 Å². The second-order valence-corrected chi connectivity index (χ2v) is 5.70. The van der Waals surface area contributed by atoms with Crippen LogP contribution in [0.4, 0.5) is 5.69 Å². The zero-order valence-electron chi connectivity index (χ0n) is 15.6. The van der Waals surface area contributed by atoms with Crippen LogP contribution in [0.3, 0.4) is 0 Å². The molecule has 0 unspecified atom stereocenters. The van der Waals surface area contributed by atoms with Crippen LogP contribution in [0.1, 0.15) is 40.1 Å². The summed E-state index contributed by atoms with van der Waals surface area (Å²) in [6.07, 6.45) is 1.70. The highest BCUT2D eigenvalue weighted by molar-refractivity contribution is 5.94. The van der Waals surface area contributed by atoms with Crippen molar-refractivity contribution in [1.29, 1.82) is 0 Å². The zero-order valence-corrected chi connectivity index (χ0v) is 15.6. The van der Waals surface area contributed by atoms with Crippen LogP contribution in [0.25, 0.3) is 0 Å². The number of ether oxygens (including phenoxy) is 2. The van der Waals surface area contributed by atoms with Gasteiger partial charge < -0.3 is 18.8 Å². The van der Waals surface area contributed by atoms with Gasteiger partial charge >= 0.3 is 5.97 Å². The molecule has 150 valence electrons. The van der Waals surface area contributed by atoms with Gasteiger partial charge in [-0.05, 0) is 19.4 Å². The number of non-ortho nitro benzene ring substituents is 1. The Morgan fingerprint density at radius 2 is 2.14 bits per heavy atom. The van der Waals surface area contributed by atoms with E-state index in [-0.39, 0.29) is 29.4 Å². The number of benzene rings is 1. The SMILES string of the molecule is CCOCCCN(Cc1nc(C(=O)OC)co1)C(=O)c1cccc([N+](=O)[O-])c1. The maximum Gasteiger partial charge on any atom is 0.360 e. The largest absolute Gasteiger partial charge is 0.464 e. The molecule has 0 fully saturated rings. The van der Waals surface area contributed by atoms with Crippen LogP contribution in [-0.4, -0.2) is 53.6 Å². The molecule has 2 rings (SSSR count). The Bertz CT molecular complexity index is 834. The number of amides is 1. The van der Waals surface area contributed by atoms with E-state index >= 15 is 0 Å². The first-order chi connectivity index (χ1) is 13.5. The summed E-state index contributed by atoms with van der Waals surface area (Å²) < 4.78 is 15.1. The third kappa shape index (κ3) is 5.61. The number of nitrogens with zero attached hydrogens (tertiary/aromatic N) is 3. The first-order valence-corrected chi connectivity index (χ1v) is 8.60. The molecule has 0 aliphatic heterocycles. The fourth-order valence-electron chi connectivity index (χ4n) is 2.43. The third-order valence-electron chi connectivity index (χ3n) is 3.78. The Hall–Kier alpha value is -3.27. The number of carbonyl (C=O) groups is 2. The molecule has 0 spiro atoms. The van der Waals surface area contributed by atoms with Gasteiger partial charge in [0.1, 0.15) is 6.26 Å². The highest BCUT2D eigenvalue weighted by atomic mass is 16.6. The summed E-state index contributed by atoms with van der Waals surface area (Å²) >= 11 is 0. The summed E-state index contributed by atoms with van der Waals surface area (Å²) in [6.45, 7) is 3.19. The van der Waals surface area contributed by atoms with Crippen LogP contribution >= 0.6 is 0 Å². The average Bonchev–Trinajstić information content (AvgIpc) is 3.17. The summed E-state index contributed by atoms with van der Waals surface area (Å²) in [4.78, 5) is 40.2. The van der Waals surface area contributed by atoms with Crippen LogP contribution in [-0.2, 0) is 16.0 Å². The quantitative estimate of drug-likeness (QED) is 0.262. The van der Waals surface area contributed by atoms with Crippen molar-refractivity contribution in [3.63, 3.8) is 0 Å². The number of methoxy groups -OCH3 is 1. The van der Waals surface area contributed by atoms with Crippen molar-refractivity contribution in [3.05, 3.63) is 57.8 Å². The van der Waals surface area contributed by atoms with Gasteiger partial charge in [0.25, 0.3) is 11.6 Å². The van der Waals surface area contributed by atoms with E-state index in [0.717, 1.165) is 6.26 Å². The Balaban J connectivity index is 2.19. The molecule has 0 N–H and O–H groups in total. The van der Waals surface area contributed by atoms with Crippen LogP contribution in [0.2, 0.25) is 0 Å². The molecule has 0 radical (unpaired) electrons. The van der Waals surface area contributed by atoms with E-state index in [4.69, 9.17) is 9.15 Å². The number of oxazole rings is 1. The molecule has 10 heteroatoms. The number of hydrogen-bond acceptors (Lipinski definition) is 8. The van der Waals surface area contributed by atoms with Crippen LogP contribution in [0.15, 0.2) is 34.9 Å². The maximum atomic E-state index is 12.9. The molecular weight excluding hydrogens is 370 g/mol. The standard InChI is InChI=1S/C18H21N3O7/c1-3-27-9-5-8-20(11-16-19-15(12-28-16)18(23)26-2)17(22)13-6-4-7-14(10-13)21(24)25/h4,6-7,10,12H,3,5,8-9,11H2,1-2H3. The number of esters is 1. The predicted molar refractivity (Wildman–Crippen MR) is 96.8 cm³/mol. The molecule has 0 saturated carbocycles. The highest BCUT2D eigenvalue weighted by Crippen LogP contribution is 2.17. The van der Waals surface area contributed by atoms with Gasteiger partial charge in [0.05, 0.1) is 18.6 Å². The lowest BCUT2D eigenvalue weighted by molar-refractivity contribution is -0.384. The molecular formula is C18H21N3O7. The van der Waals surface area contributed by atoms with Crippen LogP contribution in [0, 0.1) is 10.1 Å². The minimum atomic E-state index is -0.650. The second kappa shape index (κ2) is 10.2. The number of carbonyl (C=O) groups excluding carboxylic acids is 2. The van der Waals surface area contributed by atoms with Crippen molar-refractivity contribution in [2.75, 3.05) is 26.9 Å². The Labute approximate surface area is 161 Å². The van der Waals surface area contributed by atoms with E-state index < -0.39 is 16.8 Å². The first kappa shape index (κ1) is 21.0. The van der Waals surface area contributed by atoms with Gasteiger partial charge in [0, 0.05) is 37.5 Å². The molecule has 1 aromatic carbocycles. The number of nitro groups is 1. The third-order valence-corrected chi connectivity index (χ3v) is 3.78. The minimum absolute atomic E-state index is 0.00503. The van der Waals surface area contributed by atoms with E-state index in [1.165, 1.54) is 36.3 Å². The molecule has 1 heterocycles. The normalized spacial score (nSPS) is 10.5. The van der Waals surface area contributed by atoms with Crippen molar-refractivity contribution in [2.45, 2.75) is 19.9 Å². The molecule has 1 amide bonds. The zero-order chi connectivity index (χ0) is 20.5. The smallest absolute Gasteiger partial charge is 0.360 e. The summed E-state index contributed by atoms with van der Waals surface area (Å²) in [5, 5.41) is 11.0. The van der Waals surface area contributed by atoms with E-state index in [1.807, 2.05) is 6.92 Å². The van der Waals surface area contributed by atoms with Gasteiger partial charge in [0.15, 0.2) is 5.69 Å². The fraction of sp³-hybridized carbons (Fsp3) is 0.389. The highest BCUT2D eigenvalue weighted by Gasteiger charge is 2.21. The first-order valence-electron chi connectivity index (χ1n) is 8.60. The molecule has 28 heavy (non-hydrogen) atoms. The Kier molecular flexibility index (Phi) is 7.64. The summed E-state index contributed by atoms with van der Waals surface area (Å²) in [6, 6.07) is 5.48. The Morgan fingerprint density at radius 1 is 1.36 bits per heavy atom. The lowest BCUT2D eigenvalue weighted by atomic mass is 10.1. The van der Waals surface area contributed by atoms with E-state index in [1.54, 1.807) is 0 Å². The molecule has 0 aliphatic carbocycles.